The fourth-order valence-corrected chi connectivity index (χ4v) is 2.48. The minimum absolute atomic E-state index is 0.0165. The summed E-state index contributed by atoms with van der Waals surface area (Å²) < 4.78 is 13.7. The Morgan fingerprint density at radius 2 is 1.81 bits per heavy atom. The SMILES string of the molecule is O=C(c1ccc(F)cc1)c1nc(Cl)c2ccc(Br)cc2n1. The molecule has 0 N–H and O–H groups in total. The third-order valence-electron chi connectivity index (χ3n) is 2.92. The Kier molecular flexibility index (Phi) is 3.69. The maximum atomic E-state index is 12.9. The third kappa shape index (κ3) is 2.80. The number of hydrogen-bond donors (Lipinski definition) is 0. The molecule has 0 aliphatic rings. The van der Waals surface area contributed by atoms with E-state index in [4.69, 9.17) is 11.6 Å². The fraction of sp³-hybridized carbons (Fsp3) is 0. The smallest absolute Gasteiger partial charge is 0.230 e. The summed E-state index contributed by atoms with van der Waals surface area (Å²) in [5.41, 5.74) is 0.872. The van der Waals surface area contributed by atoms with E-state index < -0.39 is 11.6 Å². The topological polar surface area (TPSA) is 42.9 Å². The van der Waals surface area contributed by atoms with Gasteiger partial charge in [0.15, 0.2) is 0 Å². The number of nitrogens with zero attached hydrogens (tertiary/aromatic N) is 2. The average molecular weight is 366 g/mol. The van der Waals surface area contributed by atoms with Gasteiger partial charge in [0.1, 0.15) is 11.0 Å². The van der Waals surface area contributed by atoms with E-state index in [9.17, 15) is 9.18 Å². The lowest BCUT2D eigenvalue weighted by molar-refractivity contribution is 0.102. The second-order valence-corrected chi connectivity index (χ2v) is 5.61. The van der Waals surface area contributed by atoms with E-state index in [-0.39, 0.29) is 11.0 Å². The van der Waals surface area contributed by atoms with Gasteiger partial charge in [-0.25, -0.2) is 14.4 Å². The van der Waals surface area contributed by atoms with Crippen LogP contribution in [-0.2, 0) is 0 Å². The molecule has 0 aliphatic heterocycles. The Balaban J connectivity index is 2.11. The lowest BCUT2D eigenvalue weighted by atomic mass is 10.1. The summed E-state index contributed by atoms with van der Waals surface area (Å²) in [6, 6.07) is 10.6. The molecule has 1 heterocycles. The van der Waals surface area contributed by atoms with Crippen LogP contribution < -0.4 is 0 Å². The predicted octanol–water partition coefficient (Wildman–Crippen LogP) is 4.42. The molecule has 6 heteroatoms. The van der Waals surface area contributed by atoms with Crippen molar-refractivity contribution in [2.24, 2.45) is 0 Å². The van der Waals surface area contributed by atoms with Crippen LogP contribution in [0, 0.1) is 5.82 Å². The molecular weight excluding hydrogens is 359 g/mol. The number of carbonyl (C=O) groups excluding carboxylic acids is 1. The zero-order valence-corrected chi connectivity index (χ0v) is 12.8. The van der Waals surface area contributed by atoms with Crippen LogP contribution in [0.25, 0.3) is 10.9 Å². The van der Waals surface area contributed by atoms with Gasteiger partial charge in [0.05, 0.1) is 5.52 Å². The van der Waals surface area contributed by atoms with Crippen molar-refractivity contribution in [3.05, 3.63) is 69.3 Å². The third-order valence-corrected chi connectivity index (χ3v) is 3.70. The number of aromatic nitrogens is 2. The maximum Gasteiger partial charge on any atom is 0.230 e. The molecular formula is C15H7BrClFN2O. The van der Waals surface area contributed by atoms with Crippen molar-refractivity contribution in [2.75, 3.05) is 0 Å². The normalized spacial score (nSPS) is 10.8. The summed E-state index contributed by atoms with van der Waals surface area (Å²) in [5.74, 6) is -0.830. The first-order chi connectivity index (χ1) is 10.0. The Hall–Kier alpha value is -1.85. The average Bonchev–Trinajstić information content (AvgIpc) is 2.46. The molecule has 0 aliphatic carbocycles. The van der Waals surface area contributed by atoms with Crippen molar-refractivity contribution in [1.82, 2.24) is 9.97 Å². The highest BCUT2D eigenvalue weighted by Gasteiger charge is 2.15. The van der Waals surface area contributed by atoms with E-state index in [0.29, 0.717) is 16.5 Å². The van der Waals surface area contributed by atoms with Crippen LogP contribution in [0.15, 0.2) is 46.9 Å². The molecule has 0 bridgehead atoms. The lowest BCUT2D eigenvalue weighted by Gasteiger charge is -2.04. The highest BCUT2D eigenvalue weighted by molar-refractivity contribution is 9.10. The van der Waals surface area contributed by atoms with Crippen molar-refractivity contribution in [2.45, 2.75) is 0 Å². The summed E-state index contributed by atoms with van der Waals surface area (Å²) >= 11 is 9.43. The van der Waals surface area contributed by atoms with Crippen molar-refractivity contribution in [3.8, 4) is 0 Å². The van der Waals surface area contributed by atoms with Gasteiger partial charge in [-0.3, -0.25) is 4.79 Å². The summed E-state index contributed by atoms with van der Waals surface area (Å²) in [4.78, 5) is 20.6. The van der Waals surface area contributed by atoms with Gasteiger partial charge >= 0.3 is 0 Å². The summed E-state index contributed by atoms with van der Waals surface area (Å²) in [5, 5.41) is 0.869. The number of hydrogen-bond acceptors (Lipinski definition) is 3. The van der Waals surface area contributed by atoms with Crippen LogP contribution in [0.3, 0.4) is 0 Å². The number of rotatable bonds is 2. The number of carbonyl (C=O) groups is 1. The van der Waals surface area contributed by atoms with Gasteiger partial charge in [0, 0.05) is 15.4 Å². The molecule has 21 heavy (non-hydrogen) atoms. The zero-order valence-electron chi connectivity index (χ0n) is 10.5. The van der Waals surface area contributed by atoms with E-state index in [1.807, 2.05) is 6.07 Å². The fourth-order valence-electron chi connectivity index (χ4n) is 1.90. The van der Waals surface area contributed by atoms with Crippen LogP contribution in [0.1, 0.15) is 16.2 Å². The molecule has 0 fully saturated rings. The Morgan fingerprint density at radius 1 is 1.10 bits per heavy atom. The minimum atomic E-state index is -0.409. The van der Waals surface area contributed by atoms with Gasteiger partial charge in [-0.15, -0.1) is 0 Å². The first-order valence-corrected chi connectivity index (χ1v) is 7.15. The largest absolute Gasteiger partial charge is 0.285 e. The first kappa shape index (κ1) is 14.1. The van der Waals surface area contributed by atoms with Crippen molar-refractivity contribution >= 4 is 44.2 Å². The standard InChI is InChI=1S/C15H7BrClFN2O/c16-9-3-6-11-12(7-9)19-15(20-14(11)17)13(21)8-1-4-10(18)5-2-8/h1-7H. The molecule has 0 spiro atoms. The van der Waals surface area contributed by atoms with Gasteiger partial charge in [-0.1, -0.05) is 27.5 Å². The van der Waals surface area contributed by atoms with Crippen LogP contribution in [0.4, 0.5) is 4.39 Å². The van der Waals surface area contributed by atoms with E-state index in [2.05, 4.69) is 25.9 Å². The van der Waals surface area contributed by atoms with Crippen LogP contribution in [0.2, 0.25) is 5.15 Å². The molecule has 104 valence electrons. The highest BCUT2D eigenvalue weighted by atomic mass is 79.9. The molecule has 1 aromatic heterocycles. The minimum Gasteiger partial charge on any atom is -0.285 e. The lowest BCUT2D eigenvalue weighted by Crippen LogP contribution is -2.07. The van der Waals surface area contributed by atoms with E-state index >= 15 is 0 Å². The van der Waals surface area contributed by atoms with Gasteiger partial charge in [-0.2, -0.15) is 0 Å². The van der Waals surface area contributed by atoms with E-state index in [1.165, 1.54) is 24.3 Å². The van der Waals surface area contributed by atoms with Crippen molar-refractivity contribution in [1.29, 1.82) is 0 Å². The first-order valence-electron chi connectivity index (χ1n) is 5.97. The zero-order chi connectivity index (χ0) is 15.0. The van der Waals surface area contributed by atoms with Crippen molar-refractivity contribution < 1.29 is 9.18 Å². The van der Waals surface area contributed by atoms with E-state index in [1.54, 1.807) is 12.1 Å². The Labute approximate surface area is 132 Å². The molecule has 2 aromatic carbocycles. The van der Waals surface area contributed by atoms with Crippen LogP contribution in [0.5, 0.6) is 0 Å². The molecule has 0 unspecified atom stereocenters. The monoisotopic (exact) mass is 364 g/mol. The summed E-state index contributed by atoms with van der Waals surface area (Å²) in [7, 11) is 0. The second-order valence-electron chi connectivity index (χ2n) is 4.34. The number of fused-ring (bicyclic) bond motifs is 1. The summed E-state index contributed by atoms with van der Waals surface area (Å²) in [6.07, 6.45) is 0. The molecule has 0 radical (unpaired) electrons. The molecule has 0 saturated carbocycles. The number of halogens is 3. The van der Waals surface area contributed by atoms with Gasteiger partial charge < -0.3 is 0 Å². The van der Waals surface area contributed by atoms with Crippen molar-refractivity contribution in [3.63, 3.8) is 0 Å². The maximum absolute atomic E-state index is 12.9. The quantitative estimate of drug-likeness (QED) is 0.499. The summed E-state index contributed by atoms with van der Waals surface area (Å²) in [6.45, 7) is 0. The number of benzene rings is 2. The van der Waals surface area contributed by atoms with Crippen LogP contribution in [-0.4, -0.2) is 15.8 Å². The Bertz CT molecular complexity index is 852. The van der Waals surface area contributed by atoms with Gasteiger partial charge in [0.25, 0.3) is 0 Å². The molecule has 0 saturated heterocycles. The molecule has 3 nitrogen and oxygen atoms in total. The molecule has 0 amide bonds. The van der Waals surface area contributed by atoms with E-state index in [0.717, 1.165) is 4.47 Å². The predicted molar refractivity (Wildman–Crippen MR) is 82.1 cm³/mol. The number of ketones is 1. The van der Waals surface area contributed by atoms with Crippen LogP contribution >= 0.6 is 27.5 Å². The Morgan fingerprint density at radius 3 is 2.52 bits per heavy atom. The van der Waals surface area contributed by atoms with Gasteiger partial charge in [0.2, 0.25) is 11.6 Å². The second kappa shape index (κ2) is 5.50. The van der Waals surface area contributed by atoms with Gasteiger partial charge in [-0.05, 0) is 42.5 Å². The molecule has 3 aromatic rings. The molecule has 0 atom stereocenters. The molecule has 3 rings (SSSR count). The highest BCUT2D eigenvalue weighted by Crippen LogP contribution is 2.24.